The third kappa shape index (κ3) is 5.16. The molecule has 0 spiro atoms. The summed E-state index contributed by atoms with van der Waals surface area (Å²) in [6.45, 7) is 8.25. The van der Waals surface area contributed by atoms with Crippen molar-refractivity contribution >= 4 is 23.4 Å². The zero-order valence-electron chi connectivity index (χ0n) is 19.2. The van der Waals surface area contributed by atoms with Crippen LogP contribution in [0.4, 0.5) is 5.69 Å². The fraction of sp³-hybridized carbons (Fsp3) is 0.348. The van der Waals surface area contributed by atoms with Crippen molar-refractivity contribution in [1.29, 1.82) is 0 Å². The molecule has 0 aliphatic heterocycles. The highest BCUT2D eigenvalue weighted by Gasteiger charge is 2.21. The number of nitrogen functional groups attached to an aromatic ring is 1. The van der Waals surface area contributed by atoms with Crippen molar-refractivity contribution in [1.82, 2.24) is 14.9 Å². The Hall–Kier alpha value is -3.20. The van der Waals surface area contributed by atoms with Crippen molar-refractivity contribution in [3.63, 3.8) is 0 Å². The number of hydrogen-bond donors (Lipinski definition) is 2. The second kappa shape index (κ2) is 9.52. The molecule has 1 heterocycles. The Bertz CT molecular complexity index is 1090. The number of carbonyl (C=O) groups is 1. The molecule has 3 aromatic rings. The molecule has 0 saturated heterocycles. The van der Waals surface area contributed by atoms with Crippen molar-refractivity contribution in [2.45, 2.75) is 43.5 Å². The molecule has 32 heavy (non-hydrogen) atoms. The summed E-state index contributed by atoms with van der Waals surface area (Å²) in [6, 6.07) is 13.3. The van der Waals surface area contributed by atoms with Gasteiger partial charge in [-0.1, -0.05) is 44.7 Å². The van der Waals surface area contributed by atoms with Gasteiger partial charge in [-0.2, -0.15) is 0 Å². The zero-order chi connectivity index (χ0) is 23.5. The van der Waals surface area contributed by atoms with E-state index in [1.54, 1.807) is 33.3 Å². The zero-order valence-corrected chi connectivity index (χ0v) is 20.0. The molecular weight excluding hydrogens is 426 g/mol. The molecule has 0 aliphatic carbocycles. The minimum atomic E-state index is -0.429. The third-order valence-electron chi connectivity index (χ3n) is 4.98. The number of anilines is 1. The molecule has 0 saturated carbocycles. The number of methoxy groups -OCH3 is 2. The van der Waals surface area contributed by atoms with Crippen LogP contribution in [0.3, 0.4) is 0 Å². The number of nitrogens with one attached hydrogen (secondary N) is 1. The number of nitrogens with zero attached hydrogens (tertiary/aromatic N) is 3. The number of nitrogens with two attached hydrogens (primary N) is 1. The number of hydrogen-bond acceptors (Lipinski definition) is 7. The fourth-order valence-corrected chi connectivity index (χ4v) is 3.81. The summed E-state index contributed by atoms with van der Waals surface area (Å²) >= 11 is 1.23. The minimum absolute atomic E-state index is 0.0580. The molecule has 3 N–H and O–H groups in total. The van der Waals surface area contributed by atoms with Gasteiger partial charge in [0.15, 0.2) is 17.3 Å². The Morgan fingerprint density at radius 3 is 2.31 bits per heavy atom. The van der Waals surface area contributed by atoms with E-state index < -0.39 is 5.25 Å². The second-order valence-corrected chi connectivity index (χ2v) is 9.63. The van der Waals surface area contributed by atoms with E-state index in [-0.39, 0.29) is 11.3 Å². The van der Waals surface area contributed by atoms with E-state index >= 15 is 0 Å². The van der Waals surface area contributed by atoms with Crippen molar-refractivity contribution in [3.05, 3.63) is 48.0 Å². The van der Waals surface area contributed by atoms with Crippen LogP contribution in [0, 0.1) is 0 Å². The van der Waals surface area contributed by atoms with Crippen LogP contribution in [0.15, 0.2) is 47.6 Å². The van der Waals surface area contributed by atoms with Gasteiger partial charge in [-0.3, -0.25) is 4.79 Å². The first kappa shape index (κ1) is 23.5. The van der Waals surface area contributed by atoms with Gasteiger partial charge in [0.2, 0.25) is 11.1 Å². The van der Waals surface area contributed by atoms with Gasteiger partial charge in [0, 0.05) is 11.3 Å². The lowest BCUT2D eigenvalue weighted by molar-refractivity contribution is -0.115. The smallest absolute Gasteiger partial charge is 0.237 e. The molecule has 3 rings (SSSR count). The van der Waals surface area contributed by atoms with Crippen molar-refractivity contribution < 1.29 is 14.3 Å². The second-order valence-electron chi connectivity index (χ2n) is 8.32. The van der Waals surface area contributed by atoms with E-state index in [1.807, 2.05) is 30.3 Å². The van der Waals surface area contributed by atoms with Crippen LogP contribution in [0.25, 0.3) is 11.4 Å². The Kier molecular flexibility index (Phi) is 6.98. The lowest BCUT2D eigenvalue weighted by atomic mass is 9.87. The fourth-order valence-electron chi connectivity index (χ4n) is 3.04. The maximum Gasteiger partial charge on any atom is 0.237 e. The predicted molar refractivity (Wildman–Crippen MR) is 128 cm³/mol. The number of rotatable bonds is 7. The first-order valence-electron chi connectivity index (χ1n) is 10.1. The molecule has 0 radical (unpaired) electrons. The van der Waals surface area contributed by atoms with E-state index in [0.29, 0.717) is 22.5 Å². The maximum absolute atomic E-state index is 12.7. The highest BCUT2D eigenvalue weighted by molar-refractivity contribution is 8.00. The number of benzene rings is 2. The molecule has 1 amide bonds. The van der Waals surface area contributed by atoms with Gasteiger partial charge in [0.25, 0.3) is 0 Å². The third-order valence-corrected chi connectivity index (χ3v) is 6.03. The molecule has 1 unspecified atom stereocenters. The van der Waals surface area contributed by atoms with Crippen molar-refractivity contribution in [3.8, 4) is 22.9 Å². The summed E-state index contributed by atoms with van der Waals surface area (Å²) in [4.78, 5) is 12.7. The minimum Gasteiger partial charge on any atom is -0.493 e. The highest BCUT2D eigenvalue weighted by Crippen LogP contribution is 2.32. The summed E-state index contributed by atoms with van der Waals surface area (Å²) in [6.07, 6.45) is 0. The SMILES string of the molecule is COc1ccc(-c2nnc(SC(C)C(=O)Nc3ccc(C(C)(C)C)cc3)n2N)cc1OC. The predicted octanol–water partition coefficient (Wildman–Crippen LogP) is 4.09. The van der Waals surface area contributed by atoms with Crippen LogP contribution in [0.2, 0.25) is 0 Å². The monoisotopic (exact) mass is 455 g/mol. The normalized spacial score (nSPS) is 12.3. The number of ether oxygens (including phenoxy) is 2. The number of aromatic nitrogens is 3. The average molecular weight is 456 g/mol. The molecular formula is C23H29N5O3S. The van der Waals surface area contributed by atoms with Gasteiger partial charge in [-0.05, 0) is 48.2 Å². The van der Waals surface area contributed by atoms with Gasteiger partial charge in [-0.15, -0.1) is 10.2 Å². The van der Waals surface area contributed by atoms with E-state index in [2.05, 4.69) is 36.3 Å². The van der Waals surface area contributed by atoms with E-state index in [0.717, 1.165) is 11.3 Å². The largest absolute Gasteiger partial charge is 0.493 e. The molecule has 170 valence electrons. The van der Waals surface area contributed by atoms with Gasteiger partial charge in [-0.25, -0.2) is 4.68 Å². The lowest BCUT2D eigenvalue weighted by Gasteiger charge is -2.19. The van der Waals surface area contributed by atoms with Gasteiger partial charge in [0.1, 0.15) is 0 Å². The average Bonchev–Trinajstić information content (AvgIpc) is 3.12. The highest BCUT2D eigenvalue weighted by atomic mass is 32.2. The van der Waals surface area contributed by atoms with Crippen molar-refractivity contribution in [2.24, 2.45) is 0 Å². The van der Waals surface area contributed by atoms with Gasteiger partial charge < -0.3 is 20.6 Å². The van der Waals surface area contributed by atoms with E-state index in [1.165, 1.54) is 22.0 Å². The summed E-state index contributed by atoms with van der Waals surface area (Å²) in [7, 11) is 3.14. The topological polar surface area (TPSA) is 104 Å². The van der Waals surface area contributed by atoms with Crippen LogP contribution in [0.1, 0.15) is 33.3 Å². The molecule has 0 aliphatic rings. The Morgan fingerprint density at radius 2 is 1.72 bits per heavy atom. The maximum atomic E-state index is 12.7. The standard InChI is InChI=1S/C23H29N5O3S/c1-14(21(29)25-17-10-8-16(9-11-17)23(2,3)4)32-22-27-26-20(28(22)24)15-7-12-18(30-5)19(13-15)31-6/h7-14H,24H2,1-6H3,(H,25,29). The summed E-state index contributed by atoms with van der Waals surface area (Å²) in [5, 5.41) is 11.3. The van der Waals surface area contributed by atoms with Crippen LogP contribution in [-0.2, 0) is 10.2 Å². The quantitative estimate of drug-likeness (QED) is 0.408. The van der Waals surface area contributed by atoms with Gasteiger partial charge >= 0.3 is 0 Å². The van der Waals surface area contributed by atoms with E-state index in [4.69, 9.17) is 15.3 Å². The molecule has 1 aromatic heterocycles. The van der Waals surface area contributed by atoms with E-state index in [9.17, 15) is 4.79 Å². The first-order valence-corrected chi connectivity index (χ1v) is 11.0. The van der Waals surface area contributed by atoms with Crippen LogP contribution in [0.5, 0.6) is 11.5 Å². The molecule has 1 atom stereocenters. The van der Waals surface area contributed by atoms with Gasteiger partial charge in [0.05, 0.1) is 19.5 Å². The summed E-state index contributed by atoms with van der Waals surface area (Å²) in [5.74, 6) is 7.70. The van der Waals surface area contributed by atoms with Crippen LogP contribution >= 0.6 is 11.8 Å². The molecule has 2 aromatic carbocycles. The van der Waals surface area contributed by atoms with Crippen LogP contribution < -0.4 is 20.6 Å². The Labute approximate surface area is 192 Å². The van der Waals surface area contributed by atoms with Crippen LogP contribution in [-0.4, -0.2) is 40.3 Å². The Balaban J connectivity index is 1.70. The lowest BCUT2D eigenvalue weighted by Crippen LogP contribution is -2.23. The van der Waals surface area contributed by atoms with Crippen molar-refractivity contribution in [2.75, 3.05) is 25.4 Å². The first-order chi connectivity index (χ1) is 15.1. The number of amides is 1. The number of carbonyl (C=O) groups excluding carboxylic acids is 1. The molecule has 9 heteroatoms. The number of thioether (sulfide) groups is 1. The summed E-state index contributed by atoms with van der Waals surface area (Å²) in [5.41, 5.74) is 2.73. The Morgan fingerprint density at radius 1 is 1.06 bits per heavy atom. The molecule has 0 bridgehead atoms. The molecule has 0 fully saturated rings. The molecule has 8 nitrogen and oxygen atoms in total. The summed E-state index contributed by atoms with van der Waals surface area (Å²) < 4.78 is 12.0.